The monoisotopic (exact) mass is 367 g/mol. The molecule has 0 saturated carbocycles. The van der Waals surface area contributed by atoms with Crippen LogP contribution in [0.25, 0.3) is 11.0 Å². The summed E-state index contributed by atoms with van der Waals surface area (Å²) in [7, 11) is 0. The van der Waals surface area contributed by atoms with Crippen LogP contribution in [0.4, 0.5) is 4.39 Å². The van der Waals surface area contributed by atoms with E-state index in [-0.39, 0.29) is 24.2 Å². The van der Waals surface area contributed by atoms with Crippen LogP contribution in [0.3, 0.4) is 0 Å². The van der Waals surface area contributed by atoms with Crippen LogP contribution in [-0.4, -0.2) is 40.5 Å². The van der Waals surface area contributed by atoms with Crippen LogP contribution >= 0.6 is 0 Å². The summed E-state index contributed by atoms with van der Waals surface area (Å²) in [4.78, 5) is 22.0. The highest BCUT2D eigenvalue weighted by Crippen LogP contribution is 2.28. The first-order chi connectivity index (χ1) is 13.1. The minimum atomic E-state index is -0.272. The summed E-state index contributed by atoms with van der Waals surface area (Å²) in [6, 6.07) is 12.2. The van der Waals surface area contributed by atoms with Crippen molar-refractivity contribution in [3.63, 3.8) is 0 Å². The number of H-pyrrole nitrogens is 1. The van der Waals surface area contributed by atoms with Gasteiger partial charge in [0, 0.05) is 19.0 Å². The lowest BCUT2D eigenvalue weighted by Gasteiger charge is -2.31. The molecule has 0 aliphatic carbocycles. The van der Waals surface area contributed by atoms with E-state index in [9.17, 15) is 9.18 Å². The van der Waals surface area contributed by atoms with E-state index in [2.05, 4.69) is 9.97 Å². The van der Waals surface area contributed by atoms with Crippen molar-refractivity contribution < 1.29 is 13.9 Å². The molecule has 4 rings (SSSR count). The molecular weight excluding hydrogens is 345 g/mol. The number of aryl methyl sites for hydroxylation is 1. The summed E-state index contributed by atoms with van der Waals surface area (Å²) in [6.07, 6.45) is 1.66. The lowest BCUT2D eigenvalue weighted by atomic mass is 9.96. The van der Waals surface area contributed by atoms with E-state index in [1.807, 2.05) is 36.1 Å². The van der Waals surface area contributed by atoms with Crippen molar-refractivity contribution in [1.82, 2.24) is 14.9 Å². The van der Waals surface area contributed by atoms with Gasteiger partial charge in [-0.3, -0.25) is 4.79 Å². The predicted molar refractivity (Wildman–Crippen MR) is 101 cm³/mol. The molecule has 0 unspecified atom stereocenters. The fourth-order valence-electron chi connectivity index (χ4n) is 3.47. The Labute approximate surface area is 157 Å². The summed E-state index contributed by atoms with van der Waals surface area (Å²) in [5, 5.41) is 0. The molecule has 1 aromatic heterocycles. The van der Waals surface area contributed by atoms with Gasteiger partial charge in [-0.2, -0.15) is 0 Å². The molecule has 0 radical (unpaired) electrons. The van der Waals surface area contributed by atoms with Gasteiger partial charge < -0.3 is 14.6 Å². The van der Waals surface area contributed by atoms with Crippen molar-refractivity contribution in [3.8, 4) is 5.75 Å². The number of carbonyl (C=O) groups is 1. The highest BCUT2D eigenvalue weighted by Gasteiger charge is 2.26. The lowest BCUT2D eigenvalue weighted by molar-refractivity contribution is -0.134. The number of hydrogen-bond acceptors (Lipinski definition) is 3. The minimum absolute atomic E-state index is 0.000650. The Morgan fingerprint density at radius 2 is 1.96 bits per heavy atom. The van der Waals surface area contributed by atoms with Crippen LogP contribution in [0.5, 0.6) is 5.75 Å². The van der Waals surface area contributed by atoms with Gasteiger partial charge in [-0.25, -0.2) is 9.37 Å². The van der Waals surface area contributed by atoms with Crippen molar-refractivity contribution in [1.29, 1.82) is 0 Å². The normalized spacial score (nSPS) is 15.3. The number of fused-ring (bicyclic) bond motifs is 1. The predicted octanol–water partition coefficient (Wildman–Crippen LogP) is 3.80. The topological polar surface area (TPSA) is 58.2 Å². The van der Waals surface area contributed by atoms with Crippen LogP contribution in [0.1, 0.15) is 30.1 Å². The van der Waals surface area contributed by atoms with Crippen molar-refractivity contribution in [2.24, 2.45) is 0 Å². The number of carbonyl (C=O) groups excluding carboxylic acids is 1. The number of piperidine rings is 1. The van der Waals surface area contributed by atoms with Gasteiger partial charge >= 0.3 is 0 Å². The van der Waals surface area contributed by atoms with Crippen molar-refractivity contribution >= 4 is 16.9 Å². The minimum Gasteiger partial charge on any atom is -0.484 e. The number of rotatable bonds is 4. The SMILES string of the molecule is Cc1ccc(OCC(=O)N2CCC(c3nc4ccc(F)cc4[nH]3)CC2)cc1. The Morgan fingerprint density at radius 3 is 2.70 bits per heavy atom. The zero-order chi connectivity index (χ0) is 18.8. The number of imidazole rings is 1. The lowest BCUT2D eigenvalue weighted by Crippen LogP contribution is -2.40. The second kappa shape index (κ2) is 7.39. The van der Waals surface area contributed by atoms with Crippen molar-refractivity contribution in [2.75, 3.05) is 19.7 Å². The van der Waals surface area contributed by atoms with Gasteiger partial charge in [0.1, 0.15) is 17.4 Å². The van der Waals surface area contributed by atoms with E-state index in [4.69, 9.17) is 4.74 Å². The Balaban J connectivity index is 1.32. The van der Waals surface area contributed by atoms with Gasteiger partial charge in [-0.05, 0) is 50.1 Å². The number of nitrogens with zero attached hydrogens (tertiary/aromatic N) is 2. The van der Waals surface area contributed by atoms with E-state index in [1.54, 1.807) is 6.07 Å². The molecule has 0 bridgehead atoms. The molecule has 1 saturated heterocycles. The number of ether oxygens (including phenoxy) is 1. The zero-order valence-corrected chi connectivity index (χ0v) is 15.2. The van der Waals surface area contributed by atoms with Gasteiger partial charge in [0.25, 0.3) is 5.91 Å². The smallest absolute Gasteiger partial charge is 0.260 e. The summed E-state index contributed by atoms with van der Waals surface area (Å²) in [5.41, 5.74) is 2.65. The number of hydrogen-bond donors (Lipinski definition) is 1. The molecular formula is C21H22FN3O2. The van der Waals surface area contributed by atoms with E-state index < -0.39 is 0 Å². The van der Waals surface area contributed by atoms with Crippen LogP contribution < -0.4 is 4.74 Å². The fourth-order valence-corrected chi connectivity index (χ4v) is 3.47. The third-order valence-electron chi connectivity index (χ3n) is 5.08. The van der Waals surface area contributed by atoms with Crippen LogP contribution in [0.2, 0.25) is 0 Å². The molecule has 0 atom stereocenters. The molecule has 2 aromatic carbocycles. The van der Waals surface area contributed by atoms with E-state index >= 15 is 0 Å². The Bertz CT molecular complexity index is 944. The van der Waals surface area contributed by atoms with Gasteiger partial charge in [0.05, 0.1) is 11.0 Å². The average molecular weight is 367 g/mol. The number of amides is 1. The summed E-state index contributed by atoms with van der Waals surface area (Å²) >= 11 is 0. The number of benzene rings is 2. The number of aromatic nitrogens is 2. The molecule has 1 fully saturated rings. The molecule has 3 aromatic rings. The quantitative estimate of drug-likeness (QED) is 0.763. The number of aromatic amines is 1. The fraction of sp³-hybridized carbons (Fsp3) is 0.333. The van der Waals surface area contributed by atoms with Gasteiger partial charge in [-0.15, -0.1) is 0 Å². The van der Waals surface area contributed by atoms with E-state index in [0.29, 0.717) is 18.8 Å². The standard InChI is InChI=1S/C21H22FN3O2/c1-14-2-5-17(6-3-14)27-13-20(26)25-10-8-15(9-11-25)21-23-18-7-4-16(22)12-19(18)24-21/h2-7,12,15H,8-11,13H2,1H3,(H,23,24). The summed E-state index contributed by atoms with van der Waals surface area (Å²) in [5.74, 6) is 1.56. The first-order valence-corrected chi connectivity index (χ1v) is 9.21. The molecule has 1 aliphatic rings. The Hall–Kier alpha value is -2.89. The van der Waals surface area contributed by atoms with Crippen molar-refractivity contribution in [2.45, 2.75) is 25.7 Å². The maximum Gasteiger partial charge on any atom is 0.260 e. The van der Waals surface area contributed by atoms with Gasteiger partial charge in [0.15, 0.2) is 6.61 Å². The number of halogens is 1. The molecule has 1 amide bonds. The Kier molecular flexibility index (Phi) is 4.79. The van der Waals surface area contributed by atoms with Crippen molar-refractivity contribution in [3.05, 3.63) is 59.7 Å². The first kappa shape index (κ1) is 17.5. The van der Waals surface area contributed by atoms with Crippen LogP contribution in [-0.2, 0) is 4.79 Å². The molecule has 140 valence electrons. The second-order valence-corrected chi connectivity index (χ2v) is 7.04. The number of nitrogens with one attached hydrogen (secondary N) is 1. The molecule has 1 N–H and O–H groups in total. The molecule has 27 heavy (non-hydrogen) atoms. The van der Waals surface area contributed by atoms with E-state index in [1.165, 1.54) is 12.1 Å². The van der Waals surface area contributed by atoms with Crippen LogP contribution in [0.15, 0.2) is 42.5 Å². The third-order valence-corrected chi connectivity index (χ3v) is 5.08. The summed E-state index contributed by atoms with van der Waals surface area (Å²) in [6.45, 7) is 3.41. The highest BCUT2D eigenvalue weighted by molar-refractivity contribution is 5.78. The average Bonchev–Trinajstić information content (AvgIpc) is 3.10. The molecule has 6 heteroatoms. The maximum atomic E-state index is 13.3. The van der Waals surface area contributed by atoms with Gasteiger partial charge in [-0.1, -0.05) is 17.7 Å². The highest BCUT2D eigenvalue weighted by atomic mass is 19.1. The van der Waals surface area contributed by atoms with E-state index in [0.717, 1.165) is 35.3 Å². The van der Waals surface area contributed by atoms with Gasteiger partial charge in [0.2, 0.25) is 0 Å². The Morgan fingerprint density at radius 1 is 1.22 bits per heavy atom. The van der Waals surface area contributed by atoms with Crippen LogP contribution in [0, 0.1) is 12.7 Å². The molecule has 0 spiro atoms. The maximum absolute atomic E-state index is 13.3. The summed E-state index contributed by atoms with van der Waals surface area (Å²) < 4.78 is 18.9. The first-order valence-electron chi connectivity index (χ1n) is 9.21. The second-order valence-electron chi connectivity index (χ2n) is 7.04. The largest absolute Gasteiger partial charge is 0.484 e. The number of likely N-dealkylation sites (tertiary alicyclic amines) is 1. The molecule has 5 nitrogen and oxygen atoms in total. The molecule has 2 heterocycles. The molecule has 1 aliphatic heterocycles. The third kappa shape index (κ3) is 3.94. The zero-order valence-electron chi connectivity index (χ0n) is 15.2.